The Morgan fingerprint density at radius 2 is 2.18 bits per heavy atom. The van der Waals surface area contributed by atoms with Crippen molar-refractivity contribution in [2.24, 2.45) is 5.92 Å². The van der Waals surface area contributed by atoms with Crippen LogP contribution in [0.3, 0.4) is 0 Å². The second-order valence-electron chi connectivity index (χ2n) is 4.14. The van der Waals surface area contributed by atoms with E-state index in [1.54, 1.807) is 0 Å². The average Bonchev–Trinajstić information content (AvgIpc) is 2.34. The molecule has 1 N–H and O–H groups in total. The van der Waals surface area contributed by atoms with Crippen molar-refractivity contribution >= 4 is 27.5 Å². The molecule has 92 valence electrons. The molecule has 1 fully saturated rings. The third-order valence-electron chi connectivity index (χ3n) is 2.90. The highest BCUT2D eigenvalue weighted by Gasteiger charge is 2.21. The lowest BCUT2D eigenvalue weighted by atomic mass is 9.99. The van der Waals surface area contributed by atoms with Gasteiger partial charge in [-0.25, -0.2) is 4.98 Å². The quantitative estimate of drug-likeness (QED) is 0.854. The first-order chi connectivity index (χ1) is 8.16. The van der Waals surface area contributed by atoms with Crippen LogP contribution in [-0.2, 0) is 9.53 Å². The van der Waals surface area contributed by atoms with Crippen LogP contribution in [0, 0.1) is 12.8 Å². The molecule has 2 heterocycles. The maximum absolute atomic E-state index is 12.0. The Hall–Kier alpha value is -0.940. The van der Waals surface area contributed by atoms with Crippen LogP contribution in [0.1, 0.15) is 18.5 Å². The van der Waals surface area contributed by atoms with Crippen molar-refractivity contribution in [1.82, 2.24) is 4.98 Å². The van der Waals surface area contributed by atoms with Crippen molar-refractivity contribution in [2.45, 2.75) is 19.8 Å². The molecule has 0 saturated carbocycles. The first kappa shape index (κ1) is 12.5. The van der Waals surface area contributed by atoms with E-state index in [-0.39, 0.29) is 11.8 Å². The third kappa shape index (κ3) is 3.26. The van der Waals surface area contributed by atoms with Crippen molar-refractivity contribution in [2.75, 3.05) is 18.5 Å². The number of anilines is 1. The number of hydrogen-bond donors (Lipinski definition) is 1. The fourth-order valence-electron chi connectivity index (χ4n) is 1.86. The van der Waals surface area contributed by atoms with Crippen LogP contribution < -0.4 is 5.32 Å². The first-order valence-electron chi connectivity index (χ1n) is 5.68. The van der Waals surface area contributed by atoms with Crippen LogP contribution in [0.25, 0.3) is 0 Å². The van der Waals surface area contributed by atoms with E-state index in [9.17, 15) is 4.79 Å². The lowest BCUT2D eigenvalue weighted by Gasteiger charge is -2.21. The highest BCUT2D eigenvalue weighted by Crippen LogP contribution is 2.20. The number of rotatable bonds is 2. The number of aromatic nitrogens is 1. The number of carbonyl (C=O) groups is 1. The predicted octanol–water partition coefficient (Wildman–Crippen LogP) is 2.52. The number of amides is 1. The van der Waals surface area contributed by atoms with Crippen molar-refractivity contribution in [3.05, 3.63) is 22.4 Å². The molecule has 0 spiro atoms. The van der Waals surface area contributed by atoms with Crippen LogP contribution in [0.15, 0.2) is 16.7 Å². The SMILES string of the molecule is Cc1nc(Br)ccc1NC(=O)C1CCOCC1. The van der Waals surface area contributed by atoms with Gasteiger partial charge in [0.1, 0.15) is 4.60 Å². The molecular weight excluding hydrogens is 284 g/mol. The summed E-state index contributed by atoms with van der Waals surface area (Å²) in [6.45, 7) is 3.23. The predicted molar refractivity (Wildman–Crippen MR) is 68.8 cm³/mol. The van der Waals surface area contributed by atoms with Crippen molar-refractivity contribution in [3.8, 4) is 0 Å². The van der Waals surface area contributed by atoms with E-state index in [1.165, 1.54) is 0 Å². The molecule has 17 heavy (non-hydrogen) atoms. The van der Waals surface area contributed by atoms with Crippen molar-refractivity contribution in [1.29, 1.82) is 0 Å². The smallest absolute Gasteiger partial charge is 0.227 e. The molecule has 0 radical (unpaired) electrons. The highest BCUT2D eigenvalue weighted by molar-refractivity contribution is 9.10. The van der Waals surface area contributed by atoms with E-state index in [2.05, 4.69) is 26.2 Å². The average molecular weight is 299 g/mol. The molecule has 0 unspecified atom stereocenters. The zero-order valence-corrected chi connectivity index (χ0v) is 11.3. The maximum atomic E-state index is 12.0. The maximum Gasteiger partial charge on any atom is 0.227 e. The van der Waals surface area contributed by atoms with Gasteiger partial charge in [0.25, 0.3) is 0 Å². The van der Waals surface area contributed by atoms with Gasteiger partial charge in [0.2, 0.25) is 5.91 Å². The number of aryl methyl sites for hydroxylation is 1. The summed E-state index contributed by atoms with van der Waals surface area (Å²) in [6.07, 6.45) is 1.60. The lowest BCUT2D eigenvalue weighted by Crippen LogP contribution is -2.28. The summed E-state index contributed by atoms with van der Waals surface area (Å²) in [6, 6.07) is 3.69. The van der Waals surface area contributed by atoms with Gasteiger partial charge in [-0.1, -0.05) is 0 Å². The summed E-state index contributed by atoms with van der Waals surface area (Å²) >= 11 is 3.30. The Balaban J connectivity index is 2.02. The minimum Gasteiger partial charge on any atom is -0.381 e. The summed E-state index contributed by atoms with van der Waals surface area (Å²) < 4.78 is 6.02. The molecule has 1 aromatic rings. The van der Waals surface area contributed by atoms with Gasteiger partial charge in [-0.3, -0.25) is 4.79 Å². The Morgan fingerprint density at radius 1 is 1.47 bits per heavy atom. The number of nitrogens with one attached hydrogen (secondary N) is 1. The summed E-state index contributed by atoms with van der Waals surface area (Å²) in [5.74, 6) is 0.132. The molecule has 0 aliphatic carbocycles. The molecule has 1 aliphatic rings. The van der Waals surface area contributed by atoms with E-state index in [1.807, 2.05) is 19.1 Å². The Bertz CT molecular complexity index is 417. The Labute approximate surface area is 109 Å². The molecule has 1 amide bonds. The van der Waals surface area contributed by atoms with Crippen LogP contribution in [0.2, 0.25) is 0 Å². The number of carbonyl (C=O) groups excluding carboxylic acids is 1. The molecular formula is C12H15BrN2O2. The van der Waals surface area contributed by atoms with Gasteiger partial charge < -0.3 is 10.1 Å². The van der Waals surface area contributed by atoms with E-state index < -0.39 is 0 Å². The van der Waals surface area contributed by atoms with Crippen LogP contribution in [0.5, 0.6) is 0 Å². The summed E-state index contributed by atoms with van der Waals surface area (Å²) in [5, 5.41) is 2.93. The monoisotopic (exact) mass is 298 g/mol. The zero-order chi connectivity index (χ0) is 12.3. The summed E-state index contributed by atoms with van der Waals surface area (Å²) in [4.78, 5) is 16.2. The van der Waals surface area contributed by atoms with Crippen LogP contribution in [-0.4, -0.2) is 24.1 Å². The van der Waals surface area contributed by atoms with Gasteiger partial charge in [0.15, 0.2) is 0 Å². The van der Waals surface area contributed by atoms with E-state index in [0.29, 0.717) is 13.2 Å². The fourth-order valence-corrected chi connectivity index (χ4v) is 2.26. The standard InChI is InChI=1S/C12H15BrN2O2/c1-8-10(2-3-11(13)14-8)15-12(16)9-4-6-17-7-5-9/h2-3,9H,4-7H2,1H3,(H,15,16). The molecule has 2 rings (SSSR count). The minimum atomic E-state index is 0.0618. The lowest BCUT2D eigenvalue weighted by molar-refractivity contribution is -0.122. The normalized spacial score (nSPS) is 16.8. The number of halogens is 1. The minimum absolute atomic E-state index is 0.0618. The Kier molecular flexibility index (Phi) is 4.12. The fraction of sp³-hybridized carbons (Fsp3) is 0.500. The van der Waals surface area contributed by atoms with Gasteiger partial charge in [-0.2, -0.15) is 0 Å². The Morgan fingerprint density at radius 3 is 2.82 bits per heavy atom. The van der Waals surface area contributed by atoms with Gasteiger partial charge >= 0.3 is 0 Å². The van der Waals surface area contributed by atoms with E-state index >= 15 is 0 Å². The molecule has 5 heteroatoms. The molecule has 4 nitrogen and oxygen atoms in total. The molecule has 0 atom stereocenters. The number of pyridine rings is 1. The molecule has 1 aromatic heterocycles. The molecule has 0 aromatic carbocycles. The highest BCUT2D eigenvalue weighted by atomic mass is 79.9. The third-order valence-corrected chi connectivity index (χ3v) is 3.34. The van der Waals surface area contributed by atoms with Gasteiger partial charge in [0.05, 0.1) is 11.4 Å². The van der Waals surface area contributed by atoms with Crippen LogP contribution in [0.4, 0.5) is 5.69 Å². The number of hydrogen-bond acceptors (Lipinski definition) is 3. The van der Waals surface area contributed by atoms with E-state index in [4.69, 9.17) is 4.74 Å². The van der Waals surface area contributed by atoms with Gasteiger partial charge in [0, 0.05) is 19.1 Å². The van der Waals surface area contributed by atoms with Crippen LogP contribution >= 0.6 is 15.9 Å². The molecule has 1 saturated heterocycles. The van der Waals surface area contributed by atoms with Crippen molar-refractivity contribution in [3.63, 3.8) is 0 Å². The summed E-state index contributed by atoms with van der Waals surface area (Å²) in [7, 11) is 0. The second-order valence-corrected chi connectivity index (χ2v) is 4.96. The largest absolute Gasteiger partial charge is 0.381 e. The number of nitrogens with zero attached hydrogens (tertiary/aromatic N) is 1. The zero-order valence-electron chi connectivity index (χ0n) is 9.70. The van der Waals surface area contributed by atoms with Crippen molar-refractivity contribution < 1.29 is 9.53 Å². The van der Waals surface area contributed by atoms with Gasteiger partial charge in [-0.05, 0) is 47.8 Å². The number of ether oxygens (including phenoxy) is 1. The summed E-state index contributed by atoms with van der Waals surface area (Å²) in [5.41, 5.74) is 1.60. The first-order valence-corrected chi connectivity index (χ1v) is 6.48. The molecule has 1 aliphatic heterocycles. The second kappa shape index (κ2) is 5.60. The van der Waals surface area contributed by atoms with Gasteiger partial charge in [-0.15, -0.1) is 0 Å². The molecule has 0 bridgehead atoms. The topological polar surface area (TPSA) is 51.2 Å². The van der Waals surface area contributed by atoms with E-state index in [0.717, 1.165) is 28.8 Å².